The Hall–Kier alpha value is -2.49. The summed E-state index contributed by atoms with van der Waals surface area (Å²) in [4.78, 5) is 15.4. The zero-order chi connectivity index (χ0) is 12.7. The topological polar surface area (TPSA) is 50.2 Å². The Balaban J connectivity index is 2.44. The molecule has 1 aromatic heterocycles. The molecule has 0 fully saturated rings. The molecule has 3 rings (SSSR count). The van der Waals surface area contributed by atoms with Gasteiger partial charge in [0.1, 0.15) is 5.82 Å². The van der Waals surface area contributed by atoms with Gasteiger partial charge in [-0.1, -0.05) is 12.1 Å². The van der Waals surface area contributed by atoms with Gasteiger partial charge in [-0.05, 0) is 30.3 Å². The largest absolute Gasteiger partial charge is 0.478 e. The molecule has 1 N–H and O–H groups in total. The lowest BCUT2D eigenvalue weighted by Crippen LogP contribution is -1.98. The van der Waals surface area contributed by atoms with Crippen molar-refractivity contribution in [1.82, 2.24) is 4.98 Å². The molecule has 2 aromatic carbocycles. The number of hydrogen-bond donors (Lipinski definition) is 1. The number of rotatable bonds is 1. The molecule has 0 bridgehead atoms. The molecule has 0 saturated heterocycles. The normalized spacial score (nSPS) is 10.9. The fourth-order valence-corrected chi connectivity index (χ4v) is 2.01. The highest BCUT2D eigenvalue weighted by atomic mass is 19.1. The molecule has 88 valence electrons. The van der Waals surface area contributed by atoms with Crippen LogP contribution in [0.1, 0.15) is 10.4 Å². The summed E-state index contributed by atoms with van der Waals surface area (Å²) in [6, 6.07) is 10.9. The first-order valence-electron chi connectivity index (χ1n) is 5.37. The number of pyridine rings is 1. The van der Waals surface area contributed by atoms with E-state index in [0.29, 0.717) is 21.8 Å². The summed E-state index contributed by atoms with van der Waals surface area (Å²) in [5.41, 5.74) is 1.15. The van der Waals surface area contributed by atoms with Gasteiger partial charge in [-0.3, -0.25) is 0 Å². The summed E-state index contributed by atoms with van der Waals surface area (Å²) < 4.78 is 13.1. The molecule has 0 saturated carbocycles. The number of benzene rings is 2. The number of carboxylic acid groups (broad SMARTS) is 1. The SMILES string of the molecule is O=C(O)c1cccc2cc3cc(F)ccc3nc12. The van der Waals surface area contributed by atoms with Crippen LogP contribution < -0.4 is 0 Å². The van der Waals surface area contributed by atoms with Crippen LogP contribution >= 0.6 is 0 Å². The van der Waals surface area contributed by atoms with E-state index in [0.717, 1.165) is 0 Å². The first kappa shape index (κ1) is 10.7. The first-order chi connectivity index (χ1) is 8.65. The maximum absolute atomic E-state index is 13.1. The van der Waals surface area contributed by atoms with E-state index in [1.54, 1.807) is 24.3 Å². The number of halogens is 1. The Bertz CT molecular complexity index is 783. The van der Waals surface area contributed by atoms with E-state index in [-0.39, 0.29) is 11.4 Å². The fraction of sp³-hybridized carbons (Fsp3) is 0. The Morgan fingerprint density at radius 3 is 2.72 bits per heavy atom. The number of carbonyl (C=O) groups is 1. The van der Waals surface area contributed by atoms with E-state index in [4.69, 9.17) is 5.11 Å². The molecule has 0 aliphatic carbocycles. The zero-order valence-corrected chi connectivity index (χ0v) is 9.22. The molecule has 3 nitrogen and oxygen atoms in total. The molecular weight excluding hydrogens is 233 g/mol. The van der Waals surface area contributed by atoms with Gasteiger partial charge >= 0.3 is 5.97 Å². The molecule has 0 unspecified atom stereocenters. The van der Waals surface area contributed by atoms with Crippen LogP contribution in [0.25, 0.3) is 21.8 Å². The van der Waals surface area contributed by atoms with Crippen LogP contribution in [0.3, 0.4) is 0 Å². The maximum atomic E-state index is 13.1. The van der Waals surface area contributed by atoms with Crippen LogP contribution in [0.2, 0.25) is 0 Å². The smallest absolute Gasteiger partial charge is 0.337 e. The van der Waals surface area contributed by atoms with E-state index in [9.17, 15) is 9.18 Å². The molecule has 4 heteroatoms. The van der Waals surface area contributed by atoms with E-state index in [2.05, 4.69) is 4.98 Å². The third kappa shape index (κ3) is 1.59. The van der Waals surface area contributed by atoms with Gasteiger partial charge in [-0.25, -0.2) is 14.2 Å². The van der Waals surface area contributed by atoms with Crippen molar-refractivity contribution in [3.8, 4) is 0 Å². The van der Waals surface area contributed by atoms with Crippen LogP contribution in [-0.2, 0) is 0 Å². The number of aromatic nitrogens is 1. The standard InChI is InChI=1S/C14H8FNO2/c15-10-4-5-12-9(7-10)6-8-2-1-3-11(14(17)18)13(8)16-12/h1-7H,(H,17,18). The predicted molar refractivity (Wildman–Crippen MR) is 66.2 cm³/mol. The van der Waals surface area contributed by atoms with Gasteiger partial charge in [-0.15, -0.1) is 0 Å². The molecule has 3 aromatic rings. The van der Waals surface area contributed by atoms with Gasteiger partial charge in [0.2, 0.25) is 0 Å². The van der Waals surface area contributed by atoms with Crippen molar-refractivity contribution in [2.24, 2.45) is 0 Å². The van der Waals surface area contributed by atoms with E-state index in [1.807, 2.05) is 0 Å². The van der Waals surface area contributed by atoms with Crippen molar-refractivity contribution in [1.29, 1.82) is 0 Å². The lowest BCUT2D eigenvalue weighted by atomic mass is 10.1. The van der Waals surface area contributed by atoms with Crippen LogP contribution in [-0.4, -0.2) is 16.1 Å². The lowest BCUT2D eigenvalue weighted by Gasteiger charge is -2.04. The highest BCUT2D eigenvalue weighted by Gasteiger charge is 2.10. The molecule has 0 atom stereocenters. The van der Waals surface area contributed by atoms with Gasteiger partial charge in [0.05, 0.1) is 16.6 Å². The van der Waals surface area contributed by atoms with Crippen molar-refractivity contribution in [3.63, 3.8) is 0 Å². The maximum Gasteiger partial charge on any atom is 0.337 e. The van der Waals surface area contributed by atoms with E-state index in [1.165, 1.54) is 18.2 Å². The van der Waals surface area contributed by atoms with Crippen molar-refractivity contribution in [3.05, 3.63) is 53.8 Å². The highest BCUT2D eigenvalue weighted by molar-refractivity contribution is 6.04. The van der Waals surface area contributed by atoms with E-state index < -0.39 is 5.97 Å². The van der Waals surface area contributed by atoms with Gasteiger partial charge in [0.25, 0.3) is 0 Å². The Morgan fingerprint density at radius 1 is 1.11 bits per heavy atom. The van der Waals surface area contributed by atoms with Crippen molar-refractivity contribution >= 4 is 27.8 Å². The summed E-state index contributed by atoms with van der Waals surface area (Å²) in [7, 11) is 0. The Morgan fingerprint density at radius 2 is 1.94 bits per heavy atom. The number of fused-ring (bicyclic) bond motifs is 2. The molecule has 0 aliphatic heterocycles. The zero-order valence-electron chi connectivity index (χ0n) is 9.22. The van der Waals surface area contributed by atoms with Crippen LogP contribution in [0, 0.1) is 5.82 Å². The molecule has 1 heterocycles. The number of para-hydroxylation sites is 1. The van der Waals surface area contributed by atoms with Gasteiger partial charge < -0.3 is 5.11 Å². The van der Waals surface area contributed by atoms with Crippen LogP contribution in [0.15, 0.2) is 42.5 Å². The molecule has 0 spiro atoms. The minimum Gasteiger partial charge on any atom is -0.478 e. The third-order valence-electron chi connectivity index (χ3n) is 2.83. The number of aromatic carboxylic acids is 1. The first-order valence-corrected chi connectivity index (χ1v) is 5.37. The number of nitrogens with zero attached hydrogens (tertiary/aromatic N) is 1. The second kappa shape index (κ2) is 3.77. The van der Waals surface area contributed by atoms with Crippen LogP contribution in [0.5, 0.6) is 0 Å². The average Bonchev–Trinajstić information content (AvgIpc) is 2.35. The summed E-state index contributed by atoms with van der Waals surface area (Å²) >= 11 is 0. The predicted octanol–water partition coefficient (Wildman–Crippen LogP) is 3.23. The van der Waals surface area contributed by atoms with Crippen LogP contribution in [0.4, 0.5) is 4.39 Å². The summed E-state index contributed by atoms with van der Waals surface area (Å²) in [5.74, 6) is -1.35. The Kier molecular flexibility index (Phi) is 2.23. The second-order valence-corrected chi connectivity index (χ2v) is 4.01. The number of carboxylic acids is 1. The summed E-state index contributed by atoms with van der Waals surface area (Å²) in [5, 5.41) is 10.4. The lowest BCUT2D eigenvalue weighted by molar-refractivity contribution is 0.0699. The molecular formula is C14H8FNO2. The van der Waals surface area contributed by atoms with Crippen molar-refractivity contribution in [2.45, 2.75) is 0 Å². The molecule has 0 radical (unpaired) electrons. The van der Waals surface area contributed by atoms with E-state index >= 15 is 0 Å². The third-order valence-corrected chi connectivity index (χ3v) is 2.83. The molecule has 18 heavy (non-hydrogen) atoms. The molecule has 0 aliphatic rings. The van der Waals surface area contributed by atoms with Gasteiger partial charge in [-0.2, -0.15) is 0 Å². The quantitative estimate of drug-likeness (QED) is 0.665. The monoisotopic (exact) mass is 241 g/mol. The second-order valence-electron chi connectivity index (χ2n) is 4.01. The fourth-order valence-electron chi connectivity index (χ4n) is 2.01. The average molecular weight is 241 g/mol. The van der Waals surface area contributed by atoms with Gasteiger partial charge in [0.15, 0.2) is 0 Å². The summed E-state index contributed by atoms with van der Waals surface area (Å²) in [6.45, 7) is 0. The molecule has 0 amide bonds. The summed E-state index contributed by atoms with van der Waals surface area (Å²) in [6.07, 6.45) is 0. The minimum absolute atomic E-state index is 0.152. The van der Waals surface area contributed by atoms with Gasteiger partial charge in [0, 0.05) is 10.8 Å². The van der Waals surface area contributed by atoms with Crippen molar-refractivity contribution < 1.29 is 14.3 Å². The minimum atomic E-state index is -1.02. The highest BCUT2D eigenvalue weighted by Crippen LogP contribution is 2.23. The number of hydrogen-bond acceptors (Lipinski definition) is 2. The van der Waals surface area contributed by atoms with Crippen molar-refractivity contribution in [2.75, 3.05) is 0 Å². The Labute approximate surface area is 102 Å².